The fraction of sp³-hybridized carbons (Fsp3) is 0.176. The standard InChI is InChI=1S/C17H16O4/c1-20-16(18)11-14(17(19)21-2)10-13-8-5-7-12-6-3-4-9-15(12)13/h3-9,11H,10H2,1-2H3/b14-11+. The van der Waals surface area contributed by atoms with Crippen LogP contribution in [-0.4, -0.2) is 26.2 Å². The highest BCUT2D eigenvalue weighted by Gasteiger charge is 2.14. The van der Waals surface area contributed by atoms with Gasteiger partial charge in [-0.05, 0) is 16.3 Å². The summed E-state index contributed by atoms with van der Waals surface area (Å²) >= 11 is 0. The number of methoxy groups -OCH3 is 2. The maximum Gasteiger partial charge on any atom is 0.334 e. The van der Waals surface area contributed by atoms with Crippen molar-refractivity contribution in [3.8, 4) is 0 Å². The van der Waals surface area contributed by atoms with Gasteiger partial charge in [0, 0.05) is 18.1 Å². The molecule has 0 fully saturated rings. The van der Waals surface area contributed by atoms with Crippen molar-refractivity contribution in [2.45, 2.75) is 6.42 Å². The molecule has 0 aromatic heterocycles. The third kappa shape index (κ3) is 3.48. The van der Waals surface area contributed by atoms with E-state index in [1.807, 2.05) is 42.5 Å². The van der Waals surface area contributed by atoms with Crippen molar-refractivity contribution in [3.63, 3.8) is 0 Å². The van der Waals surface area contributed by atoms with Crippen molar-refractivity contribution in [3.05, 3.63) is 59.7 Å². The molecule has 0 amide bonds. The van der Waals surface area contributed by atoms with Crippen molar-refractivity contribution in [1.82, 2.24) is 0 Å². The minimum Gasteiger partial charge on any atom is -0.466 e. The van der Waals surface area contributed by atoms with E-state index in [2.05, 4.69) is 4.74 Å². The topological polar surface area (TPSA) is 52.6 Å². The average Bonchev–Trinajstić information content (AvgIpc) is 2.53. The number of hydrogen-bond acceptors (Lipinski definition) is 4. The molecular weight excluding hydrogens is 268 g/mol. The lowest BCUT2D eigenvalue weighted by atomic mass is 9.98. The summed E-state index contributed by atoms with van der Waals surface area (Å²) in [6.07, 6.45) is 1.48. The summed E-state index contributed by atoms with van der Waals surface area (Å²) in [5.41, 5.74) is 1.22. The third-order valence-corrected chi connectivity index (χ3v) is 3.20. The SMILES string of the molecule is COC(=O)/C=C(\Cc1cccc2ccccc12)C(=O)OC. The van der Waals surface area contributed by atoms with Crippen LogP contribution in [0, 0.1) is 0 Å². The number of carbonyl (C=O) groups excluding carboxylic acids is 2. The summed E-state index contributed by atoms with van der Waals surface area (Å²) in [6, 6.07) is 13.7. The smallest absolute Gasteiger partial charge is 0.334 e. The van der Waals surface area contributed by atoms with Gasteiger partial charge in [0.05, 0.1) is 14.2 Å². The molecule has 2 rings (SSSR count). The maximum atomic E-state index is 11.8. The second-order valence-electron chi connectivity index (χ2n) is 4.50. The molecule has 4 heteroatoms. The number of hydrogen-bond donors (Lipinski definition) is 0. The summed E-state index contributed by atoms with van der Waals surface area (Å²) in [6.45, 7) is 0. The molecule has 0 unspecified atom stereocenters. The van der Waals surface area contributed by atoms with Gasteiger partial charge < -0.3 is 9.47 Å². The van der Waals surface area contributed by atoms with Gasteiger partial charge in [0.15, 0.2) is 0 Å². The predicted molar refractivity (Wildman–Crippen MR) is 79.8 cm³/mol. The summed E-state index contributed by atoms with van der Waals surface area (Å²) in [5.74, 6) is -1.11. The van der Waals surface area contributed by atoms with Crippen LogP contribution in [0.4, 0.5) is 0 Å². The van der Waals surface area contributed by atoms with Gasteiger partial charge in [-0.1, -0.05) is 42.5 Å². The van der Waals surface area contributed by atoms with Crippen LogP contribution in [0.2, 0.25) is 0 Å². The molecule has 4 nitrogen and oxygen atoms in total. The Morgan fingerprint density at radius 2 is 1.71 bits per heavy atom. The van der Waals surface area contributed by atoms with Crippen LogP contribution in [0.15, 0.2) is 54.1 Å². The Balaban J connectivity index is 2.41. The Morgan fingerprint density at radius 3 is 2.43 bits per heavy atom. The fourth-order valence-electron chi connectivity index (χ4n) is 2.17. The van der Waals surface area contributed by atoms with E-state index in [-0.39, 0.29) is 5.57 Å². The van der Waals surface area contributed by atoms with Gasteiger partial charge in [0.1, 0.15) is 0 Å². The average molecular weight is 284 g/mol. The molecule has 0 bridgehead atoms. The van der Waals surface area contributed by atoms with Crippen LogP contribution >= 0.6 is 0 Å². The summed E-state index contributed by atoms with van der Waals surface area (Å²) < 4.78 is 9.30. The molecule has 2 aromatic rings. The number of fused-ring (bicyclic) bond motifs is 1. The van der Waals surface area contributed by atoms with Gasteiger partial charge in [0.2, 0.25) is 0 Å². The van der Waals surface area contributed by atoms with Crippen LogP contribution in [-0.2, 0) is 25.5 Å². The van der Waals surface area contributed by atoms with Crippen molar-refractivity contribution in [2.75, 3.05) is 14.2 Å². The van der Waals surface area contributed by atoms with E-state index >= 15 is 0 Å². The highest BCUT2D eigenvalue weighted by Crippen LogP contribution is 2.21. The normalized spacial score (nSPS) is 11.2. The second-order valence-corrected chi connectivity index (χ2v) is 4.50. The molecule has 0 saturated heterocycles. The number of carbonyl (C=O) groups is 2. The summed E-state index contributed by atoms with van der Waals surface area (Å²) in [7, 11) is 2.56. The van der Waals surface area contributed by atoms with E-state index in [9.17, 15) is 9.59 Å². The van der Waals surface area contributed by atoms with E-state index in [4.69, 9.17) is 4.74 Å². The first-order valence-electron chi connectivity index (χ1n) is 6.49. The van der Waals surface area contributed by atoms with Gasteiger partial charge in [-0.15, -0.1) is 0 Å². The highest BCUT2D eigenvalue weighted by atomic mass is 16.5. The van der Waals surface area contributed by atoms with Crippen LogP contribution in [0.5, 0.6) is 0 Å². The quantitative estimate of drug-likeness (QED) is 0.640. The number of rotatable bonds is 4. The van der Waals surface area contributed by atoms with Crippen LogP contribution < -0.4 is 0 Å². The Kier molecular flexibility index (Phi) is 4.72. The first-order chi connectivity index (χ1) is 10.2. The lowest BCUT2D eigenvalue weighted by Gasteiger charge is -2.08. The molecule has 0 aliphatic heterocycles. The molecule has 0 heterocycles. The minimum absolute atomic E-state index is 0.265. The Bertz CT molecular complexity index is 696. The summed E-state index contributed by atoms with van der Waals surface area (Å²) in [4.78, 5) is 23.2. The predicted octanol–water partition coefficient (Wildman–Crippen LogP) is 2.65. The van der Waals surface area contributed by atoms with Crippen LogP contribution in [0.25, 0.3) is 10.8 Å². The van der Waals surface area contributed by atoms with Crippen LogP contribution in [0.1, 0.15) is 5.56 Å². The lowest BCUT2D eigenvalue weighted by molar-refractivity contribution is -0.138. The number of esters is 2. The zero-order valence-corrected chi connectivity index (χ0v) is 12.0. The zero-order valence-electron chi connectivity index (χ0n) is 12.0. The van der Waals surface area contributed by atoms with E-state index < -0.39 is 11.9 Å². The number of benzene rings is 2. The van der Waals surface area contributed by atoms with Crippen LogP contribution in [0.3, 0.4) is 0 Å². The Morgan fingerprint density at radius 1 is 1.00 bits per heavy atom. The van der Waals surface area contributed by atoms with Crippen molar-refractivity contribution in [1.29, 1.82) is 0 Å². The van der Waals surface area contributed by atoms with Gasteiger partial charge >= 0.3 is 11.9 Å². The van der Waals surface area contributed by atoms with Gasteiger partial charge in [-0.2, -0.15) is 0 Å². The fourth-order valence-corrected chi connectivity index (χ4v) is 2.17. The molecule has 2 aromatic carbocycles. The molecule has 0 saturated carbocycles. The Hall–Kier alpha value is -2.62. The molecule has 0 N–H and O–H groups in total. The minimum atomic E-state index is -0.573. The number of ether oxygens (including phenoxy) is 2. The van der Waals surface area contributed by atoms with Gasteiger partial charge in [-0.25, -0.2) is 9.59 Å². The molecule has 21 heavy (non-hydrogen) atoms. The Labute approximate surface area is 123 Å². The van der Waals surface area contributed by atoms with Gasteiger partial charge in [0.25, 0.3) is 0 Å². The first kappa shape index (κ1) is 14.8. The lowest BCUT2D eigenvalue weighted by Crippen LogP contribution is -2.10. The van der Waals surface area contributed by atoms with Gasteiger partial charge in [-0.3, -0.25) is 0 Å². The highest BCUT2D eigenvalue weighted by molar-refractivity contribution is 5.97. The zero-order chi connectivity index (χ0) is 15.2. The molecule has 0 spiro atoms. The van der Waals surface area contributed by atoms with E-state index in [0.29, 0.717) is 6.42 Å². The first-order valence-corrected chi connectivity index (χ1v) is 6.49. The molecule has 108 valence electrons. The molecule has 0 aliphatic carbocycles. The molecule has 0 aliphatic rings. The van der Waals surface area contributed by atoms with Crippen molar-refractivity contribution < 1.29 is 19.1 Å². The maximum absolute atomic E-state index is 11.8. The molecule has 0 atom stereocenters. The monoisotopic (exact) mass is 284 g/mol. The second kappa shape index (κ2) is 6.70. The van der Waals surface area contributed by atoms with E-state index in [0.717, 1.165) is 16.3 Å². The van der Waals surface area contributed by atoms with E-state index in [1.165, 1.54) is 20.3 Å². The summed E-state index contributed by atoms with van der Waals surface area (Å²) in [5, 5.41) is 2.12. The molecule has 0 radical (unpaired) electrons. The largest absolute Gasteiger partial charge is 0.466 e. The third-order valence-electron chi connectivity index (χ3n) is 3.20. The molecular formula is C17H16O4. The van der Waals surface area contributed by atoms with Crippen molar-refractivity contribution in [2.24, 2.45) is 0 Å². The van der Waals surface area contributed by atoms with E-state index in [1.54, 1.807) is 0 Å². The van der Waals surface area contributed by atoms with Crippen molar-refractivity contribution >= 4 is 22.7 Å².